The number of nitrogens with one attached hydrogen (secondary N) is 3. The quantitative estimate of drug-likeness (QED) is 0.693. The third-order valence-corrected chi connectivity index (χ3v) is 5.34. The normalized spacial score (nSPS) is 17.4. The Bertz CT molecular complexity index is 1190. The molecule has 1 atom stereocenters. The largest absolute Gasteiger partial charge is 0.355 e. The average molecular weight is 402 g/mol. The number of nitrogens with zero attached hydrogens (tertiary/aromatic N) is 1. The molecule has 0 aliphatic carbocycles. The Morgan fingerprint density at radius 2 is 1.97 bits per heavy atom. The number of amides is 1. The van der Waals surface area contributed by atoms with Crippen LogP contribution < -0.4 is 15.6 Å². The van der Waals surface area contributed by atoms with Crippen molar-refractivity contribution in [2.75, 3.05) is 5.32 Å². The van der Waals surface area contributed by atoms with Crippen molar-refractivity contribution in [1.29, 1.82) is 0 Å². The number of H-pyrrole nitrogens is 1. The number of hydrogen-bond donors (Lipinski definition) is 2. The first-order valence-corrected chi connectivity index (χ1v) is 9.68. The predicted molar refractivity (Wildman–Crippen MR) is 114 cm³/mol. The number of carbonyl (C=O) groups is 1. The van der Waals surface area contributed by atoms with E-state index in [9.17, 15) is 4.79 Å². The third kappa shape index (κ3) is 3.15. The van der Waals surface area contributed by atoms with Crippen molar-refractivity contribution in [3.63, 3.8) is 0 Å². The summed E-state index contributed by atoms with van der Waals surface area (Å²) in [4.78, 5) is 18.3. The number of pyridine rings is 1. The number of benzene rings is 2. The summed E-state index contributed by atoms with van der Waals surface area (Å²) in [7, 11) is 0. The topological polar surface area (TPSA) is 58.5 Å². The van der Waals surface area contributed by atoms with E-state index in [0.717, 1.165) is 27.7 Å². The van der Waals surface area contributed by atoms with Crippen LogP contribution in [0.15, 0.2) is 96.7 Å². The minimum Gasteiger partial charge on any atom is -0.355 e. The van der Waals surface area contributed by atoms with Crippen molar-refractivity contribution >= 4 is 34.0 Å². The van der Waals surface area contributed by atoms with E-state index in [1.165, 1.54) is 0 Å². The molecule has 0 saturated carbocycles. The van der Waals surface area contributed by atoms with Gasteiger partial charge in [0.1, 0.15) is 11.9 Å². The molecule has 2 aliphatic heterocycles. The third-order valence-electron chi connectivity index (χ3n) is 5.09. The van der Waals surface area contributed by atoms with Gasteiger partial charge in [0.2, 0.25) is 0 Å². The monoisotopic (exact) mass is 401 g/mol. The van der Waals surface area contributed by atoms with Crippen LogP contribution in [-0.4, -0.2) is 10.8 Å². The maximum Gasteiger partial charge on any atom is 0.273 e. The summed E-state index contributed by atoms with van der Waals surface area (Å²) < 4.78 is 0. The number of halogens is 1. The van der Waals surface area contributed by atoms with Gasteiger partial charge in [0, 0.05) is 33.7 Å². The Morgan fingerprint density at radius 3 is 2.83 bits per heavy atom. The van der Waals surface area contributed by atoms with Gasteiger partial charge in [0.15, 0.2) is 12.4 Å². The predicted octanol–water partition coefficient (Wildman–Crippen LogP) is 4.14. The molecule has 5 rings (SSSR count). The molecule has 6 heteroatoms. The van der Waals surface area contributed by atoms with Gasteiger partial charge in [-0.1, -0.05) is 35.9 Å². The Labute approximate surface area is 173 Å². The van der Waals surface area contributed by atoms with E-state index in [4.69, 9.17) is 11.6 Å². The first-order chi connectivity index (χ1) is 14.2. The Kier molecular flexibility index (Phi) is 4.30. The molecule has 0 bridgehead atoms. The zero-order valence-electron chi connectivity index (χ0n) is 15.4. The maximum absolute atomic E-state index is 13.2. The molecule has 2 aromatic carbocycles. The zero-order valence-corrected chi connectivity index (χ0v) is 16.1. The standard InChI is InChI=1S/C23H17ClN4O/c24-17-9-7-15(8-10-17)22-27-21(20-6-1-2-13-28(20)22)23(29)26-19-5-3-4-16-14-25-12-11-18(16)19/h1-14,22,27H,(H,26,29)/p+1. The molecule has 0 spiro atoms. The molecule has 3 N–H and O–H groups in total. The molecule has 0 fully saturated rings. The number of anilines is 1. The van der Waals surface area contributed by atoms with E-state index in [0.29, 0.717) is 10.7 Å². The van der Waals surface area contributed by atoms with Gasteiger partial charge in [-0.15, -0.1) is 0 Å². The lowest BCUT2D eigenvalue weighted by Crippen LogP contribution is -2.28. The molecule has 2 aliphatic rings. The van der Waals surface area contributed by atoms with Gasteiger partial charge in [0.25, 0.3) is 5.91 Å². The van der Waals surface area contributed by atoms with Crippen molar-refractivity contribution in [3.8, 4) is 0 Å². The summed E-state index contributed by atoms with van der Waals surface area (Å²) in [6.45, 7) is 0. The van der Waals surface area contributed by atoms with Gasteiger partial charge in [-0.25, -0.2) is 4.98 Å². The van der Waals surface area contributed by atoms with Crippen LogP contribution in [0.1, 0.15) is 11.7 Å². The fourth-order valence-corrected chi connectivity index (χ4v) is 3.83. The summed E-state index contributed by atoms with van der Waals surface area (Å²) in [5.74, 6) is -0.179. The minimum absolute atomic E-state index is 0.175. The molecular weight excluding hydrogens is 384 g/mol. The summed E-state index contributed by atoms with van der Waals surface area (Å²) in [6, 6.07) is 15.4. The molecule has 29 heavy (non-hydrogen) atoms. The lowest BCUT2D eigenvalue weighted by Gasteiger charge is -2.26. The second-order valence-corrected chi connectivity index (χ2v) is 7.31. The van der Waals surface area contributed by atoms with Crippen LogP contribution >= 0.6 is 11.6 Å². The van der Waals surface area contributed by atoms with Crippen LogP contribution in [-0.2, 0) is 4.79 Å². The maximum atomic E-state index is 13.2. The number of rotatable bonds is 3. The number of fused-ring (bicyclic) bond motifs is 2. The SMILES string of the molecule is O=C(Nc1cccc2c[nH+]ccc12)C1=C2C=CC=CN2C(c2ccc(Cl)cc2)N1. The zero-order chi connectivity index (χ0) is 19.8. The number of allylic oxidation sites excluding steroid dienone is 3. The van der Waals surface area contributed by atoms with Crippen LogP contribution in [0, 0.1) is 0 Å². The fraction of sp³-hybridized carbons (Fsp3) is 0.0435. The highest BCUT2D eigenvalue weighted by Gasteiger charge is 2.34. The molecule has 3 heterocycles. The highest BCUT2D eigenvalue weighted by Crippen LogP contribution is 2.35. The molecule has 0 radical (unpaired) electrons. The Hall–Kier alpha value is -3.57. The van der Waals surface area contributed by atoms with Crippen molar-refractivity contribution in [2.24, 2.45) is 0 Å². The van der Waals surface area contributed by atoms with Gasteiger partial charge in [-0.2, -0.15) is 0 Å². The van der Waals surface area contributed by atoms with E-state index in [2.05, 4.69) is 20.5 Å². The van der Waals surface area contributed by atoms with Crippen LogP contribution in [0.3, 0.4) is 0 Å². The molecule has 1 aromatic heterocycles. The van der Waals surface area contributed by atoms with E-state index in [1.807, 2.05) is 85.4 Å². The first kappa shape index (κ1) is 17.5. The molecule has 142 valence electrons. The molecule has 1 unspecified atom stereocenters. The van der Waals surface area contributed by atoms with Crippen LogP contribution in [0.25, 0.3) is 10.8 Å². The lowest BCUT2D eigenvalue weighted by molar-refractivity contribution is -0.375. The Balaban J connectivity index is 1.48. The second-order valence-electron chi connectivity index (χ2n) is 6.87. The summed E-state index contributed by atoms with van der Waals surface area (Å²) >= 11 is 6.04. The van der Waals surface area contributed by atoms with Crippen molar-refractivity contribution in [1.82, 2.24) is 10.2 Å². The van der Waals surface area contributed by atoms with E-state index in [1.54, 1.807) is 0 Å². The smallest absolute Gasteiger partial charge is 0.273 e. The first-order valence-electron chi connectivity index (χ1n) is 9.30. The number of aromatic nitrogens is 1. The van der Waals surface area contributed by atoms with E-state index >= 15 is 0 Å². The summed E-state index contributed by atoms with van der Waals surface area (Å²) in [5.41, 5.74) is 3.16. The molecule has 3 aromatic rings. The van der Waals surface area contributed by atoms with Crippen molar-refractivity contribution in [3.05, 3.63) is 107 Å². The molecule has 5 nitrogen and oxygen atoms in total. The average Bonchev–Trinajstić information content (AvgIpc) is 3.14. The van der Waals surface area contributed by atoms with Crippen molar-refractivity contribution in [2.45, 2.75) is 6.17 Å². The molecule has 0 saturated heterocycles. The van der Waals surface area contributed by atoms with E-state index in [-0.39, 0.29) is 12.1 Å². The summed E-state index contributed by atoms with van der Waals surface area (Å²) in [6.07, 6.45) is 11.4. The van der Waals surface area contributed by atoms with Crippen LogP contribution in [0.4, 0.5) is 5.69 Å². The van der Waals surface area contributed by atoms with Gasteiger partial charge >= 0.3 is 0 Å². The van der Waals surface area contributed by atoms with Gasteiger partial charge in [-0.3, -0.25) is 4.79 Å². The molecular formula is C23H18ClN4O+. The van der Waals surface area contributed by atoms with Crippen molar-refractivity contribution < 1.29 is 9.78 Å². The second kappa shape index (κ2) is 7.11. The fourth-order valence-electron chi connectivity index (χ4n) is 3.70. The number of aromatic amines is 1. The van der Waals surface area contributed by atoms with E-state index < -0.39 is 0 Å². The van der Waals surface area contributed by atoms with Crippen LogP contribution in [0.5, 0.6) is 0 Å². The van der Waals surface area contributed by atoms with Gasteiger partial charge in [0.05, 0.1) is 5.70 Å². The van der Waals surface area contributed by atoms with Gasteiger partial charge < -0.3 is 15.5 Å². The molecule has 1 amide bonds. The lowest BCUT2D eigenvalue weighted by atomic mass is 10.1. The van der Waals surface area contributed by atoms with Gasteiger partial charge in [-0.05, 0) is 42.0 Å². The summed E-state index contributed by atoms with van der Waals surface area (Å²) in [5, 5.41) is 9.13. The minimum atomic E-state index is -0.179. The number of carbonyl (C=O) groups excluding carboxylic acids is 1. The number of hydrogen-bond acceptors (Lipinski definition) is 3. The highest BCUT2D eigenvalue weighted by atomic mass is 35.5. The van der Waals surface area contributed by atoms with Crippen LogP contribution in [0.2, 0.25) is 5.02 Å². The highest BCUT2D eigenvalue weighted by molar-refractivity contribution is 6.30. The Morgan fingerprint density at radius 1 is 1.10 bits per heavy atom.